The second-order valence-corrected chi connectivity index (χ2v) is 6.49. The SMILES string of the molecule is CCOC(=O)c1c(C)[nH]c(C(=O)OCC(=O)Nc2cc(OCC)ccc2OCC)c1C. The van der Waals surface area contributed by atoms with Gasteiger partial charge >= 0.3 is 11.9 Å². The number of ether oxygens (including phenoxy) is 4. The van der Waals surface area contributed by atoms with Crippen molar-refractivity contribution >= 4 is 23.5 Å². The molecular formula is C22H28N2O7. The number of carbonyl (C=O) groups is 3. The number of hydrogen-bond acceptors (Lipinski definition) is 7. The van der Waals surface area contributed by atoms with E-state index in [1.165, 1.54) is 0 Å². The molecule has 0 bridgehead atoms. The molecule has 0 saturated heterocycles. The second-order valence-electron chi connectivity index (χ2n) is 6.49. The summed E-state index contributed by atoms with van der Waals surface area (Å²) < 4.78 is 21.1. The summed E-state index contributed by atoms with van der Waals surface area (Å²) in [4.78, 5) is 39.7. The monoisotopic (exact) mass is 432 g/mol. The van der Waals surface area contributed by atoms with Crippen LogP contribution >= 0.6 is 0 Å². The predicted molar refractivity (Wildman–Crippen MR) is 114 cm³/mol. The fraction of sp³-hybridized carbons (Fsp3) is 0.409. The van der Waals surface area contributed by atoms with Crippen LogP contribution in [-0.2, 0) is 14.3 Å². The van der Waals surface area contributed by atoms with Gasteiger partial charge in [-0.3, -0.25) is 4.79 Å². The first-order chi connectivity index (χ1) is 14.8. The number of aromatic nitrogens is 1. The van der Waals surface area contributed by atoms with Gasteiger partial charge in [0, 0.05) is 11.8 Å². The van der Waals surface area contributed by atoms with Gasteiger partial charge in [-0.2, -0.15) is 0 Å². The highest BCUT2D eigenvalue weighted by molar-refractivity contribution is 6.00. The van der Waals surface area contributed by atoms with Crippen LogP contribution in [0.2, 0.25) is 0 Å². The summed E-state index contributed by atoms with van der Waals surface area (Å²) in [6, 6.07) is 5.07. The summed E-state index contributed by atoms with van der Waals surface area (Å²) >= 11 is 0. The molecule has 31 heavy (non-hydrogen) atoms. The van der Waals surface area contributed by atoms with E-state index >= 15 is 0 Å². The van der Waals surface area contributed by atoms with Crippen molar-refractivity contribution in [1.29, 1.82) is 0 Å². The Balaban J connectivity index is 2.07. The predicted octanol–water partition coefficient (Wildman–Crippen LogP) is 3.40. The maximum absolute atomic E-state index is 12.4. The molecule has 0 aliphatic rings. The van der Waals surface area contributed by atoms with Gasteiger partial charge < -0.3 is 29.2 Å². The lowest BCUT2D eigenvalue weighted by molar-refractivity contribution is -0.119. The first-order valence-corrected chi connectivity index (χ1v) is 10.0. The van der Waals surface area contributed by atoms with Crippen LogP contribution in [0.3, 0.4) is 0 Å². The maximum Gasteiger partial charge on any atom is 0.355 e. The van der Waals surface area contributed by atoms with Gasteiger partial charge in [-0.1, -0.05) is 0 Å². The number of nitrogens with one attached hydrogen (secondary N) is 2. The third-order valence-corrected chi connectivity index (χ3v) is 4.29. The van der Waals surface area contributed by atoms with Crippen molar-refractivity contribution in [1.82, 2.24) is 4.98 Å². The zero-order valence-electron chi connectivity index (χ0n) is 18.4. The zero-order chi connectivity index (χ0) is 23.0. The Morgan fingerprint density at radius 1 is 0.935 bits per heavy atom. The van der Waals surface area contributed by atoms with Crippen molar-refractivity contribution in [3.8, 4) is 11.5 Å². The summed E-state index contributed by atoms with van der Waals surface area (Å²) in [7, 11) is 0. The van der Waals surface area contributed by atoms with Gasteiger partial charge in [-0.15, -0.1) is 0 Å². The molecule has 1 amide bonds. The van der Waals surface area contributed by atoms with Crippen molar-refractivity contribution in [2.24, 2.45) is 0 Å². The standard InChI is InChI=1S/C22H28N2O7/c1-6-28-15-9-10-17(29-7-2)16(11-15)24-18(25)12-31-22(27)20-13(4)19(14(5)23-20)21(26)30-8-3/h9-11,23H,6-8,12H2,1-5H3,(H,24,25). The largest absolute Gasteiger partial charge is 0.494 e. The molecule has 168 valence electrons. The Labute approximate surface area is 181 Å². The Hall–Kier alpha value is -3.49. The van der Waals surface area contributed by atoms with E-state index in [0.717, 1.165) is 0 Å². The lowest BCUT2D eigenvalue weighted by atomic mass is 10.1. The number of aromatic amines is 1. The topological polar surface area (TPSA) is 116 Å². The normalized spacial score (nSPS) is 10.4. The minimum absolute atomic E-state index is 0.0988. The van der Waals surface area contributed by atoms with E-state index in [4.69, 9.17) is 18.9 Å². The van der Waals surface area contributed by atoms with Gasteiger partial charge in [-0.25, -0.2) is 9.59 Å². The molecule has 0 atom stereocenters. The van der Waals surface area contributed by atoms with E-state index in [-0.39, 0.29) is 17.9 Å². The van der Waals surface area contributed by atoms with Crippen LogP contribution in [0, 0.1) is 13.8 Å². The van der Waals surface area contributed by atoms with Gasteiger partial charge in [-0.05, 0) is 52.3 Å². The zero-order valence-corrected chi connectivity index (χ0v) is 18.4. The number of esters is 2. The van der Waals surface area contributed by atoms with Crippen LogP contribution in [-0.4, -0.2) is 49.3 Å². The van der Waals surface area contributed by atoms with Crippen LogP contribution < -0.4 is 14.8 Å². The first kappa shape index (κ1) is 23.8. The van der Waals surface area contributed by atoms with Crippen LogP contribution in [0.4, 0.5) is 5.69 Å². The summed E-state index contributed by atoms with van der Waals surface area (Å²) in [6.45, 7) is 9.24. The van der Waals surface area contributed by atoms with Crippen molar-refractivity contribution in [3.05, 3.63) is 40.7 Å². The molecule has 1 heterocycles. The molecule has 2 rings (SSSR count). The molecular weight excluding hydrogens is 404 g/mol. The average Bonchev–Trinajstić information content (AvgIpc) is 3.03. The fourth-order valence-corrected chi connectivity index (χ4v) is 3.00. The molecule has 0 spiro atoms. The van der Waals surface area contributed by atoms with Crippen LogP contribution in [0.5, 0.6) is 11.5 Å². The molecule has 0 unspecified atom stereocenters. The Morgan fingerprint density at radius 3 is 2.29 bits per heavy atom. The third-order valence-electron chi connectivity index (χ3n) is 4.29. The van der Waals surface area contributed by atoms with Crippen LogP contribution in [0.15, 0.2) is 18.2 Å². The Morgan fingerprint density at radius 2 is 1.65 bits per heavy atom. The van der Waals surface area contributed by atoms with Gasteiger partial charge in [0.2, 0.25) is 0 Å². The van der Waals surface area contributed by atoms with E-state index in [0.29, 0.717) is 41.7 Å². The minimum Gasteiger partial charge on any atom is -0.494 e. The fourth-order valence-electron chi connectivity index (χ4n) is 3.00. The first-order valence-electron chi connectivity index (χ1n) is 10.0. The molecule has 0 aliphatic heterocycles. The van der Waals surface area contributed by atoms with Crippen molar-refractivity contribution < 1.29 is 33.3 Å². The number of anilines is 1. The highest BCUT2D eigenvalue weighted by atomic mass is 16.5. The summed E-state index contributed by atoms with van der Waals surface area (Å²) in [5.41, 5.74) is 1.69. The van der Waals surface area contributed by atoms with Crippen LogP contribution in [0.1, 0.15) is 52.9 Å². The number of carbonyl (C=O) groups excluding carboxylic acids is 3. The molecule has 9 heteroatoms. The minimum atomic E-state index is -0.751. The number of benzene rings is 1. The third kappa shape index (κ3) is 6.00. The van der Waals surface area contributed by atoms with Gasteiger partial charge in [0.1, 0.15) is 17.2 Å². The van der Waals surface area contributed by atoms with Crippen LogP contribution in [0.25, 0.3) is 0 Å². The van der Waals surface area contributed by atoms with Gasteiger partial charge in [0.15, 0.2) is 6.61 Å². The molecule has 0 fully saturated rings. The lowest BCUT2D eigenvalue weighted by Crippen LogP contribution is -2.22. The quantitative estimate of drug-likeness (QED) is 0.553. The van der Waals surface area contributed by atoms with E-state index in [1.54, 1.807) is 39.0 Å². The molecule has 2 aromatic rings. The van der Waals surface area contributed by atoms with E-state index in [9.17, 15) is 14.4 Å². The highest BCUT2D eigenvalue weighted by Gasteiger charge is 2.24. The Kier molecular flexibility index (Phi) is 8.48. The van der Waals surface area contributed by atoms with Crippen molar-refractivity contribution in [2.75, 3.05) is 31.7 Å². The van der Waals surface area contributed by atoms with E-state index in [2.05, 4.69) is 10.3 Å². The van der Waals surface area contributed by atoms with Crippen molar-refractivity contribution in [3.63, 3.8) is 0 Å². The van der Waals surface area contributed by atoms with E-state index in [1.807, 2.05) is 13.8 Å². The molecule has 9 nitrogen and oxygen atoms in total. The van der Waals surface area contributed by atoms with Gasteiger partial charge in [0.05, 0.1) is 31.1 Å². The number of hydrogen-bond donors (Lipinski definition) is 2. The number of rotatable bonds is 10. The maximum atomic E-state index is 12.4. The summed E-state index contributed by atoms with van der Waals surface area (Å²) in [5, 5.41) is 2.66. The smallest absolute Gasteiger partial charge is 0.355 e. The van der Waals surface area contributed by atoms with Crippen molar-refractivity contribution in [2.45, 2.75) is 34.6 Å². The van der Waals surface area contributed by atoms with E-state index < -0.39 is 24.5 Å². The number of aryl methyl sites for hydroxylation is 1. The molecule has 2 N–H and O–H groups in total. The molecule has 0 aliphatic carbocycles. The highest BCUT2D eigenvalue weighted by Crippen LogP contribution is 2.29. The Bertz CT molecular complexity index is 950. The number of H-pyrrole nitrogens is 1. The number of amides is 1. The molecule has 1 aromatic heterocycles. The summed E-state index contributed by atoms with van der Waals surface area (Å²) in [5.74, 6) is -0.778. The van der Waals surface area contributed by atoms with Gasteiger partial charge in [0.25, 0.3) is 5.91 Å². The summed E-state index contributed by atoms with van der Waals surface area (Å²) in [6.07, 6.45) is 0. The molecule has 0 radical (unpaired) electrons. The molecule has 1 aromatic carbocycles. The second kappa shape index (κ2) is 11.1. The lowest BCUT2D eigenvalue weighted by Gasteiger charge is -2.13. The average molecular weight is 432 g/mol. The molecule has 0 saturated carbocycles.